The first-order valence-corrected chi connectivity index (χ1v) is 3.92. The van der Waals surface area contributed by atoms with Crippen molar-refractivity contribution in [3.63, 3.8) is 0 Å². The van der Waals surface area contributed by atoms with Crippen LogP contribution in [0.4, 0.5) is 0 Å². The standard InChI is InChI=1S/C8H17NO3/c1-8(12,6-7(10)11)4-5-9(2)3/h12H,4-6H2,1-3H3,(H,10,11). The minimum absolute atomic E-state index is 0.194. The van der Waals surface area contributed by atoms with Crippen molar-refractivity contribution in [2.24, 2.45) is 0 Å². The number of carboxylic acids is 1. The molecule has 0 saturated carbocycles. The van der Waals surface area contributed by atoms with Crippen LogP contribution in [0.1, 0.15) is 19.8 Å². The highest BCUT2D eigenvalue weighted by molar-refractivity contribution is 5.67. The average Bonchev–Trinajstić information content (AvgIpc) is 1.81. The smallest absolute Gasteiger partial charge is 0.306 e. The molecular formula is C8H17NO3. The molecule has 1 unspecified atom stereocenters. The average molecular weight is 175 g/mol. The van der Waals surface area contributed by atoms with Crippen molar-refractivity contribution < 1.29 is 15.0 Å². The van der Waals surface area contributed by atoms with Crippen LogP contribution >= 0.6 is 0 Å². The minimum Gasteiger partial charge on any atom is -0.481 e. The number of rotatable bonds is 5. The van der Waals surface area contributed by atoms with Gasteiger partial charge in [-0.1, -0.05) is 0 Å². The number of hydrogen-bond acceptors (Lipinski definition) is 3. The molecule has 12 heavy (non-hydrogen) atoms. The van der Waals surface area contributed by atoms with Crippen molar-refractivity contribution in [2.45, 2.75) is 25.4 Å². The van der Waals surface area contributed by atoms with Gasteiger partial charge in [-0.15, -0.1) is 0 Å². The fourth-order valence-electron chi connectivity index (χ4n) is 0.879. The molecule has 0 aromatic carbocycles. The molecule has 0 rings (SSSR count). The van der Waals surface area contributed by atoms with Crippen molar-refractivity contribution in [3.8, 4) is 0 Å². The van der Waals surface area contributed by atoms with Crippen LogP contribution in [0.15, 0.2) is 0 Å². The van der Waals surface area contributed by atoms with Gasteiger partial charge in [0.25, 0.3) is 0 Å². The Balaban J connectivity index is 3.78. The van der Waals surface area contributed by atoms with Gasteiger partial charge in [0.2, 0.25) is 0 Å². The van der Waals surface area contributed by atoms with Crippen LogP contribution in [0, 0.1) is 0 Å². The Morgan fingerprint density at radius 3 is 2.33 bits per heavy atom. The highest BCUT2D eigenvalue weighted by atomic mass is 16.4. The summed E-state index contributed by atoms with van der Waals surface area (Å²) in [5, 5.41) is 18.0. The highest BCUT2D eigenvalue weighted by Crippen LogP contribution is 2.13. The number of aliphatic carboxylic acids is 1. The van der Waals surface area contributed by atoms with E-state index in [1.54, 1.807) is 6.92 Å². The van der Waals surface area contributed by atoms with E-state index >= 15 is 0 Å². The van der Waals surface area contributed by atoms with Gasteiger partial charge in [-0.3, -0.25) is 4.79 Å². The molecule has 0 aliphatic rings. The third-order valence-corrected chi connectivity index (χ3v) is 1.63. The van der Waals surface area contributed by atoms with E-state index in [0.29, 0.717) is 13.0 Å². The van der Waals surface area contributed by atoms with Gasteiger partial charge in [-0.05, 0) is 27.4 Å². The SMILES string of the molecule is CN(C)CCC(C)(O)CC(=O)O. The first-order chi connectivity index (χ1) is 5.33. The van der Waals surface area contributed by atoms with Crippen molar-refractivity contribution in [1.29, 1.82) is 0 Å². The van der Waals surface area contributed by atoms with E-state index in [1.807, 2.05) is 19.0 Å². The molecule has 4 heteroatoms. The highest BCUT2D eigenvalue weighted by Gasteiger charge is 2.23. The zero-order valence-electron chi connectivity index (χ0n) is 7.87. The lowest BCUT2D eigenvalue weighted by atomic mass is 9.98. The molecule has 0 aromatic rings. The normalized spacial score (nSPS) is 16.1. The van der Waals surface area contributed by atoms with Gasteiger partial charge < -0.3 is 15.1 Å². The van der Waals surface area contributed by atoms with E-state index in [-0.39, 0.29) is 6.42 Å². The molecule has 0 heterocycles. The molecule has 0 bridgehead atoms. The van der Waals surface area contributed by atoms with E-state index in [4.69, 9.17) is 5.11 Å². The van der Waals surface area contributed by atoms with E-state index in [2.05, 4.69) is 0 Å². The summed E-state index contributed by atoms with van der Waals surface area (Å²) in [6.45, 7) is 2.24. The van der Waals surface area contributed by atoms with Crippen LogP contribution in [0.5, 0.6) is 0 Å². The number of aliphatic hydroxyl groups is 1. The Hall–Kier alpha value is -0.610. The molecule has 2 N–H and O–H groups in total. The van der Waals surface area contributed by atoms with Gasteiger partial charge in [-0.25, -0.2) is 0 Å². The number of carbonyl (C=O) groups is 1. The van der Waals surface area contributed by atoms with Crippen molar-refractivity contribution in [1.82, 2.24) is 4.90 Å². The summed E-state index contributed by atoms with van der Waals surface area (Å²) < 4.78 is 0. The van der Waals surface area contributed by atoms with Gasteiger partial charge in [0.1, 0.15) is 0 Å². The first-order valence-electron chi connectivity index (χ1n) is 3.92. The van der Waals surface area contributed by atoms with Gasteiger partial charge >= 0.3 is 5.97 Å². The molecule has 0 saturated heterocycles. The Kier molecular flexibility index (Phi) is 4.20. The molecule has 1 atom stereocenters. The van der Waals surface area contributed by atoms with Crippen LogP contribution in [-0.2, 0) is 4.79 Å². The molecule has 0 fully saturated rings. The second-order valence-corrected chi connectivity index (χ2v) is 3.62. The Labute approximate surface area is 72.8 Å². The quantitative estimate of drug-likeness (QED) is 0.625. The predicted molar refractivity (Wildman–Crippen MR) is 46.0 cm³/mol. The van der Waals surface area contributed by atoms with E-state index in [1.165, 1.54) is 0 Å². The Morgan fingerprint density at radius 2 is 2.00 bits per heavy atom. The number of nitrogens with zero attached hydrogens (tertiary/aromatic N) is 1. The van der Waals surface area contributed by atoms with Crippen LogP contribution in [0.25, 0.3) is 0 Å². The zero-order valence-corrected chi connectivity index (χ0v) is 7.87. The minimum atomic E-state index is -1.09. The molecular weight excluding hydrogens is 158 g/mol. The van der Waals surface area contributed by atoms with Crippen molar-refractivity contribution in [2.75, 3.05) is 20.6 Å². The van der Waals surface area contributed by atoms with E-state index in [9.17, 15) is 9.90 Å². The third-order valence-electron chi connectivity index (χ3n) is 1.63. The van der Waals surface area contributed by atoms with Crippen LogP contribution in [0.2, 0.25) is 0 Å². The maximum absolute atomic E-state index is 10.3. The Morgan fingerprint density at radius 1 is 1.50 bits per heavy atom. The van der Waals surface area contributed by atoms with Gasteiger partial charge in [0, 0.05) is 6.54 Å². The molecule has 4 nitrogen and oxygen atoms in total. The summed E-state index contributed by atoms with van der Waals surface area (Å²) in [6, 6.07) is 0. The second kappa shape index (κ2) is 4.42. The molecule has 72 valence electrons. The fourth-order valence-corrected chi connectivity index (χ4v) is 0.879. The number of hydrogen-bond donors (Lipinski definition) is 2. The molecule has 0 aliphatic heterocycles. The van der Waals surface area contributed by atoms with Crippen molar-refractivity contribution in [3.05, 3.63) is 0 Å². The summed E-state index contributed by atoms with van der Waals surface area (Å²) in [6.07, 6.45) is 0.285. The predicted octanol–water partition coefficient (Wildman–Crippen LogP) is 0.164. The Bertz CT molecular complexity index is 154. The summed E-state index contributed by atoms with van der Waals surface area (Å²) in [5.74, 6) is -0.959. The summed E-state index contributed by atoms with van der Waals surface area (Å²) in [4.78, 5) is 12.2. The monoisotopic (exact) mass is 175 g/mol. The summed E-state index contributed by atoms with van der Waals surface area (Å²) in [5.41, 5.74) is -1.09. The van der Waals surface area contributed by atoms with E-state index in [0.717, 1.165) is 0 Å². The lowest BCUT2D eigenvalue weighted by Gasteiger charge is -2.22. The maximum Gasteiger partial charge on any atom is 0.306 e. The zero-order chi connectivity index (χ0) is 9.78. The molecule has 0 radical (unpaired) electrons. The lowest BCUT2D eigenvalue weighted by Crippen LogP contribution is -2.32. The summed E-state index contributed by atoms with van der Waals surface area (Å²) >= 11 is 0. The third kappa shape index (κ3) is 6.12. The molecule has 0 amide bonds. The summed E-state index contributed by atoms with van der Waals surface area (Å²) in [7, 11) is 3.77. The van der Waals surface area contributed by atoms with Gasteiger partial charge in [0.05, 0.1) is 12.0 Å². The maximum atomic E-state index is 10.3. The van der Waals surface area contributed by atoms with Crippen LogP contribution < -0.4 is 0 Å². The van der Waals surface area contributed by atoms with Gasteiger partial charge in [-0.2, -0.15) is 0 Å². The first kappa shape index (κ1) is 11.4. The largest absolute Gasteiger partial charge is 0.481 e. The topological polar surface area (TPSA) is 60.8 Å². The lowest BCUT2D eigenvalue weighted by molar-refractivity contribution is -0.142. The van der Waals surface area contributed by atoms with Gasteiger partial charge in [0.15, 0.2) is 0 Å². The molecule has 0 aliphatic carbocycles. The van der Waals surface area contributed by atoms with Crippen LogP contribution in [-0.4, -0.2) is 47.3 Å². The van der Waals surface area contributed by atoms with E-state index < -0.39 is 11.6 Å². The fraction of sp³-hybridized carbons (Fsp3) is 0.875. The number of carboxylic acid groups (broad SMARTS) is 1. The molecule has 0 spiro atoms. The van der Waals surface area contributed by atoms with Crippen molar-refractivity contribution >= 4 is 5.97 Å². The second-order valence-electron chi connectivity index (χ2n) is 3.62. The van der Waals surface area contributed by atoms with Crippen LogP contribution in [0.3, 0.4) is 0 Å². The molecule has 0 aromatic heterocycles.